The Morgan fingerprint density at radius 2 is 1.96 bits per heavy atom. The maximum atomic E-state index is 12.4. The standard InChI is InChI=1S/C18H21N3O3/c1-13(14-4-8-19-9-5-14)20-17(22)15-6-10-21(11-7-15)18(23)16-3-2-12-24-16/h2-5,8-9,12-13,15H,6-7,10-11H2,1H3,(H,20,22)/t13-/m1/s1. The zero-order chi connectivity index (χ0) is 16.9. The minimum Gasteiger partial charge on any atom is -0.459 e. The van der Waals surface area contributed by atoms with Crippen molar-refractivity contribution in [3.63, 3.8) is 0 Å². The first-order chi connectivity index (χ1) is 11.6. The van der Waals surface area contributed by atoms with Crippen LogP contribution >= 0.6 is 0 Å². The number of nitrogens with one attached hydrogen (secondary N) is 1. The molecular formula is C18H21N3O3. The van der Waals surface area contributed by atoms with Crippen molar-refractivity contribution >= 4 is 11.8 Å². The SMILES string of the molecule is C[C@@H](NC(=O)C1CCN(C(=O)c2ccco2)CC1)c1ccncc1. The maximum absolute atomic E-state index is 12.4. The van der Waals surface area contributed by atoms with Gasteiger partial charge in [0.25, 0.3) is 5.91 Å². The first-order valence-electron chi connectivity index (χ1n) is 8.18. The Balaban J connectivity index is 1.51. The molecule has 1 aliphatic heterocycles. The molecule has 0 aliphatic carbocycles. The number of piperidine rings is 1. The van der Waals surface area contributed by atoms with Crippen LogP contribution in [0.3, 0.4) is 0 Å². The van der Waals surface area contributed by atoms with E-state index in [4.69, 9.17) is 4.42 Å². The lowest BCUT2D eigenvalue weighted by Crippen LogP contribution is -2.43. The van der Waals surface area contributed by atoms with Gasteiger partial charge in [-0.05, 0) is 49.6 Å². The number of aromatic nitrogens is 1. The number of hydrogen-bond donors (Lipinski definition) is 1. The van der Waals surface area contributed by atoms with Crippen molar-refractivity contribution in [3.8, 4) is 0 Å². The lowest BCUT2D eigenvalue weighted by molar-refractivity contribution is -0.127. The minimum absolute atomic E-state index is 0.0457. The maximum Gasteiger partial charge on any atom is 0.289 e. The largest absolute Gasteiger partial charge is 0.459 e. The van der Waals surface area contributed by atoms with Gasteiger partial charge in [0, 0.05) is 31.4 Å². The third-order valence-corrected chi connectivity index (χ3v) is 4.45. The average Bonchev–Trinajstić information content (AvgIpc) is 3.16. The lowest BCUT2D eigenvalue weighted by atomic mass is 9.95. The van der Waals surface area contributed by atoms with Crippen molar-refractivity contribution in [2.45, 2.75) is 25.8 Å². The van der Waals surface area contributed by atoms with Gasteiger partial charge in [0.05, 0.1) is 12.3 Å². The van der Waals surface area contributed by atoms with Gasteiger partial charge in [-0.2, -0.15) is 0 Å². The van der Waals surface area contributed by atoms with Crippen molar-refractivity contribution < 1.29 is 14.0 Å². The zero-order valence-corrected chi connectivity index (χ0v) is 13.6. The Hall–Kier alpha value is -2.63. The van der Waals surface area contributed by atoms with Gasteiger partial charge in [0.1, 0.15) is 0 Å². The molecule has 1 aliphatic rings. The van der Waals surface area contributed by atoms with Crippen LogP contribution in [0.15, 0.2) is 47.3 Å². The first-order valence-corrected chi connectivity index (χ1v) is 8.18. The van der Waals surface area contributed by atoms with Crippen LogP contribution in [-0.2, 0) is 4.79 Å². The average molecular weight is 327 g/mol. The van der Waals surface area contributed by atoms with Crippen LogP contribution in [0.25, 0.3) is 0 Å². The molecule has 2 aromatic heterocycles. The number of amides is 2. The summed E-state index contributed by atoms with van der Waals surface area (Å²) in [6.45, 7) is 3.10. The summed E-state index contributed by atoms with van der Waals surface area (Å²) in [6.07, 6.45) is 6.27. The zero-order valence-electron chi connectivity index (χ0n) is 13.6. The first kappa shape index (κ1) is 16.2. The highest BCUT2D eigenvalue weighted by Gasteiger charge is 2.29. The van der Waals surface area contributed by atoms with E-state index in [1.165, 1.54) is 6.26 Å². The predicted octanol–water partition coefficient (Wildman–Crippen LogP) is 2.40. The Labute approximate surface area is 140 Å². The van der Waals surface area contributed by atoms with Crippen LogP contribution in [0, 0.1) is 5.92 Å². The highest BCUT2D eigenvalue weighted by atomic mass is 16.3. The van der Waals surface area contributed by atoms with Gasteiger partial charge in [-0.3, -0.25) is 14.6 Å². The van der Waals surface area contributed by atoms with Crippen molar-refractivity contribution in [2.24, 2.45) is 5.92 Å². The van der Waals surface area contributed by atoms with Gasteiger partial charge in [-0.15, -0.1) is 0 Å². The fraction of sp³-hybridized carbons (Fsp3) is 0.389. The lowest BCUT2D eigenvalue weighted by Gasteiger charge is -2.31. The summed E-state index contributed by atoms with van der Waals surface area (Å²) in [5, 5.41) is 3.05. The van der Waals surface area contributed by atoms with Crippen LogP contribution in [0.5, 0.6) is 0 Å². The van der Waals surface area contributed by atoms with Crippen LogP contribution < -0.4 is 5.32 Å². The highest BCUT2D eigenvalue weighted by molar-refractivity contribution is 5.91. The summed E-state index contributed by atoms with van der Waals surface area (Å²) in [7, 11) is 0. The van der Waals surface area contributed by atoms with Crippen LogP contribution in [0.1, 0.15) is 41.9 Å². The van der Waals surface area contributed by atoms with Crippen molar-refractivity contribution in [2.75, 3.05) is 13.1 Å². The molecule has 0 spiro atoms. The van der Waals surface area contributed by atoms with Crippen molar-refractivity contribution in [1.82, 2.24) is 15.2 Å². The third-order valence-electron chi connectivity index (χ3n) is 4.45. The molecule has 2 amide bonds. The van der Waals surface area contributed by atoms with Crippen LogP contribution in [0.2, 0.25) is 0 Å². The van der Waals surface area contributed by atoms with E-state index >= 15 is 0 Å². The predicted molar refractivity (Wildman–Crippen MR) is 88.1 cm³/mol. The molecule has 3 heterocycles. The Kier molecular flexibility index (Phi) is 4.93. The van der Waals surface area contributed by atoms with Crippen molar-refractivity contribution in [1.29, 1.82) is 0 Å². The van der Waals surface area contributed by atoms with Gasteiger partial charge >= 0.3 is 0 Å². The molecule has 1 N–H and O–H groups in total. The minimum atomic E-state index is -0.107. The monoisotopic (exact) mass is 327 g/mol. The molecule has 0 radical (unpaired) electrons. The molecule has 3 rings (SSSR count). The van der Waals surface area contributed by atoms with Gasteiger partial charge in [-0.25, -0.2) is 0 Å². The summed E-state index contributed by atoms with van der Waals surface area (Å²) >= 11 is 0. The van der Waals surface area contributed by atoms with Gasteiger partial charge in [0.2, 0.25) is 5.91 Å². The molecule has 24 heavy (non-hydrogen) atoms. The molecular weight excluding hydrogens is 306 g/mol. The fourth-order valence-corrected chi connectivity index (χ4v) is 2.97. The number of carbonyl (C=O) groups is 2. The Morgan fingerprint density at radius 1 is 1.25 bits per heavy atom. The van der Waals surface area contributed by atoms with E-state index in [-0.39, 0.29) is 23.8 Å². The number of likely N-dealkylation sites (tertiary alicyclic amines) is 1. The van der Waals surface area contributed by atoms with E-state index in [0.717, 1.165) is 5.56 Å². The highest BCUT2D eigenvalue weighted by Crippen LogP contribution is 2.21. The van der Waals surface area contributed by atoms with E-state index in [9.17, 15) is 9.59 Å². The van der Waals surface area contributed by atoms with Gasteiger partial charge in [-0.1, -0.05) is 0 Å². The smallest absolute Gasteiger partial charge is 0.289 e. The summed E-state index contributed by atoms with van der Waals surface area (Å²) in [4.78, 5) is 30.4. The topological polar surface area (TPSA) is 75.4 Å². The quantitative estimate of drug-likeness (QED) is 0.935. The second-order valence-corrected chi connectivity index (χ2v) is 6.05. The second kappa shape index (κ2) is 7.29. The van der Waals surface area contributed by atoms with Crippen LogP contribution in [0.4, 0.5) is 0 Å². The molecule has 1 atom stereocenters. The number of rotatable bonds is 4. The molecule has 0 aromatic carbocycles. The molecule has 0 bridgehead atoms. The molecule has 1 fully saturated rings. The Morgan fingerprint density at radius 3 is 2.58 bits per heavy atom. The summed E-state index contributed by atoms with van der Waals surface area (Å²) in [5.41, 5.74) is 1.03. The number of carbonyl (C=O) groups excluding carboxylic acids is 2. The van der Waals surface area contributed by atoms with Gasteiger partial charge in [0.15, 0.2) is 5.76 Å². The van der Waals surface area contributed by atoms with E-state index in [0.29, 0.717) is 31.7 Å². The normalized spacial score (nSPS) is 16.6. The fourth-order valence-electron chi connectivity index (χ4n) is 2.97. The van der Waals surface area contributed by atoms with Crippen molar-refractivity contribution in [3.05, 3.63) is 54.2 Å². The molecule has 6 nitrogen and oxygen atoms in total. The van der Waals surface area contributed by atoms with Crippen LogP contribution in [-0.4, -0.2) is 34.8 Å². The summed E-state index contributed by atoms with van der Waals surface area (Å²) < 4.78 is 5.15. The number of nitrogens with zero attached hydrogens (tertiary/aromatic N) is 2. The Bertz CT molecular complexity index is 677. The van der Waals surface area contributed by atoms with Gasteiger partial charge < -0.3 is 14.6 Å². The van der Waals surface area contributed by atoms with E-state index < -0.39 is 0 Å². The molecule has 0 saturated carbocycles. The summed E-state index contributed by atoms with van der Waals surface area (Å²) in [6, 6.07) is 7.11. The number of furan rings is 1. The van der Waals surface area contributed by atoms with E-state index in [1.54, 1.807) is 29.4 Å². The van der Waals surface area contributed by atoms with E-state index in [2.05, 4.69) is 10.3 Å². The number of hydrogen-bond acceptors (Lipinski definition) is 4. The molecule has 1 saturated heterocycles. The number of pyridine rings is 1. The second-order valence-electron chi connectivity index (χ2n) is 6.05. The molecule has 0 unspecified atom stereocenters. The van der Waals surface area contributed by atoms with E-state index in [1.807, 2.05) is 19.1 Å². The molecule has 6 heteroatoms. The molecule has 2 aromatic rings. The molecule has 126 valence electrons. The summed E-state index contributed by atoms with van der Waals surface area (Å²) in [5.74, 6) is 0.229. The third kappa shape index (κ3) is 3.64.